The number of carbonyl (C=O) groups excluding carboxylic acids is 2. The van der Waals surface area contributed by atoms with E-state index in [1.807, 2.05) is 0 Å². The lowest BCUT2D eigenvalue weighted by molar-refractivity contribution is -0.149. The number of hydrogen-bond acceptors (Lipinski definition) is 4. The number of esters is 1. The van der Waals surface area contributed by atoms with Crippen LogP contribution in [0.1, 0.15) is 51.9 Å². The van der Waals surface area contributed by atoms with Crippen molar-refractivity contribution in [1.82, 2.24) is 5.32 Å². The average Bonchev–Trinajstić information content (AvgIpc) is 2.41. The number of nitrogens with one attached hydrogen (secondary N) is 1. The third-order valence-electron chi connectivity index (χ3n) is 3.14. The van der Waals surface area contributed by atoms with Crippen LogP contribution >= 0.6 is 0 Å². The van der Waals surface area contributed by atoms with Crippen molar-refractivity contribution in [2.75, 3.05) is 19.8 Å². The van der Waals surface area contributed by atoms with Gasteiger partial charge in [-0.15, -0.1) is 0 Å². The summed E-state index contributed by atoms with van der Waals surface area (Å²) in [6, 6.07) is 0. The summed E-state index contributed by atoms with van der Waals surface area (Å²) < 4.78 is 10.7. The van der Waals surface area contributed by atoms with Crippen molar-refractivity contribution >= 4 is 11.9 Å². The minimum Gasteiger partial charge on any atom is -0.463 e. The molecule has 0 spiro atoms. The third-order valence-corrected chi connectivity index (χ3v) is 3.14. The maximum Gasteiger partial charge on any atom is 0.305 e. The summed E-state index contributed by atoms with van der Waals surface area (Å²) in [5.74, 6) is -0.152. The number of carbonyl (C=O) groups is 2. The maximum atomic E-state index is 11.5. The van der Waals surface area contributed by atoms with Crippen LogP contribution in [-0.4, -0.2) is 37.7 Å². The van der Waals surface area contributed by atoms with Crippen molar-refractivity contribution in [2.24, 2.45) is 0 Å². The Balaban J connectivity index is 1.91. The fourth-order valence-electron chi connectivity index (χ4n) is 2.03. The van der Waals surface area contributed by atoms with E-state index in [4.69, 9.17) is 9.47 Å². The van der Waals surface area contributed by atoms with E-state index in [1.165, 1.54) is 6.92 Å². The number of unbranched alkanes of at least 4 members (excludes halogenated alkanes) is 2. The van der Waals surface area contributed by atoms with Crippen molar-refractivity contribution in [3.63, 3.8) is 0 Å². The molecule has 1 aliphatic rings. The van der Waals surface area contributed by atoms with E-state index in [0.29, 0.717) is 19.6 Å². The molecule has 1 heterocycles. The zero-order chi connectivity index (χ0) is 13.9. The number of hydrogen-bond donors (Lipinski definition) is 1. The monoisotopic (exact) mass is 271 g/mol. The van der Waals surface area contributed by atoms with Crippen molar-refractivity contribution < 1.29 is 19.1 Å². The molecule has 19 heavy (non-hydrogen) atoms. The van der Waals surface area contributed by atoms with Gasteiger partial charge < -0.3 is 14.8 Å². The Morgan fingerprint density at radius 3 is 2.79 bits per heavy atom. The molecule has 0 aliphatic carbocycles. The maximum absolute atomic E-state index is 11.5. The summed E-state index contributed by atoms with van der Waals surface area (Å²) in [6.07, 6.45) is 6.44. The summed E-state index contributed by atoms with van der Waals surface area (Å²) >= 11 is 0. The Bertz CT molecular complexity index is 275. The highest BCUT2D eigenvalue weighted by molar-refractivity contribution is 5.72. The van der Waals surface area contributed by atoms with Crippen molar-refractivity contribution in [3.05, 3.63) is 0 Å². The Morgan fingerprint density at radius 2 is 2.11 bits per heavy atom. The normalized spacial score (nSPS) is 18.9. The van der Waals surface area contributed by atoms with Crippen molar-refractivity contribution in [3.8, 4) is 0 Å². The van der Waals surface area contributed by atoms with Gasteiger partial charge in [0.2, 0.25) is 5.91 Å². The highest BCUT2D eigenvalue weighted by Crippen LogP contribution is 2.13. The fraction of sp³-hybridized carbons (Fsp3) is 0.857. The Kier molecular flexibility index (Phi) is 8.21. The molecular formula is C14H25NO4. The molecule has 1 saturated heterocycles. The SMILES string of the molecule is CC(=O)NCCCCCC(=O)OCC1CCCCO1. The van der Waals surface area contributed by atoms with E-state index in [-0.39, 0.29) is 18.0 Å². The van der Waals surface area contributed by atoms with E-state index in [9.17, 15) is 9.59 Å². The molecule has 1 atom stereocenters. The van der Waals surface area contributed by atoms with Gasteiger partial charge in [0.05, 0.1) is 6.10 Å². The van der Waals surface area contributed by atoms with Crippen LogP contribution < -0.4 is 5.32 Å². The second-order valence-electron chi connectivity index (χ2n) is 4.97. The Hall–Kier alpha value is -1.10. The topological polar surface area (TPSA) is 64.6 Å². The number of rotatable bonds is 8. The largest absolute Gasteiger partial charge is 0.463 e. The van der Waals surface area contributed by atoms with Gasteiger partial charge >= 0.3 is 5.97 Å². The van der Waals surface area contributed by atoms with E-state index in [1.54, 1.807) is 0 Å². The molecule has 5 nitrogen and oxygen atoms in total. The highest BCUT2D eigenvalue weighted by atomic mass is 16.6. The molecule has 0 aromatic rings. The van der Waals surface area contributed by atoms with Gasteiger partial charge in [-0.05, 0) is 32.1 Å². The molecule has 0 radical (unpaired) electrons. The molecule has 1 N–H and O–H groups in total. The summed E-state index contributed by atoms with van der Waals surface area (Å²) in [7, 11) is 0. The second kappa shape index (κ2) is 9.78. The molecule has 0 aromatic carbocycles. The summed E-state index contributed by atoms with van der Waals surface area (Å²) in [5.41, 5.74) is 0. The molecule has 1 rings (SSSR count). The number of ether oxygens (including phenoxy) is 2. The molecule has 0 bridgehead atoms. The van der Waals surface area contributed by atoms with Crippen LogP contribution in [0.4, 0.5) is 0 Å². The molecule has 1 unspecified atom stereocenters. The lowest BCUT2D eigenvalue weighted by Gasteiger charge is -2.22. The van der Waals surface area contributed by atoms with E-state index in [2.05, 4.69) is 5.32 Å². The van der Waals surface area contributed by atoms with Crippen LogP contribution in [0.5, 0.6) is 0 Å². The van der Waals surface area contributed by atoms with Gasteiger partial charge in [-0.2, -0.15) is 0 Å². The molecule has 5 heteroatoms. The smallest absolute Gasteiger partial charge is 0.305 e. The van der Waals surface area contributed by atoms with Crippen LogP contribution in [0.15, 0.2) is 0 Å². The van der Waals surface area contributed by atoms with E-state index >= 15 is 0 Å². The van der Waals surface area contributed by atoms with Crippen LogP contribution in [0.25, 0.3) is 0 Å². The number of amides is 1. The van der Waals surface area contributed by atoms with Crippen LogP contribution in [0, 0.1) is 0 Å². The summed E-state index contributed by atoms with van der Waals surface area (Å²) in [6.45, 7) is 3.36. The summed E-state index contributed by atoms with van der Waals surface area (Å²) in [4.78, 5) is 22.1. The zero-order valence-corrected chi connectivity index (χ0v) is 11.8. The van der Waals surface area contributed by atoms with Crippen LogP contribution in [-0.2, 0) is 19.1 Å². The van der Waals surface area contributed by atoms with Gasteiger partial charge in [0, 0.05) is 26.5 Å². The fourth-order valence-corrected chi connectivity index (χ4v) is 2.03. The first-order valence-corrected chi connectivity index (χ1v) is 7.20. The standard InChI is InChI=1S/C14H25NO4/c1-12(16)15-9-5-2-3-8-14(17)19-11-13-7-4-6-10-18-13/h13H,2-11H2,1H3,(H,15,16). The second-order valence-corrected chi connectivity index (χ2v) is 4.97. The van der Waals surface area contributed by atoms with Crippen LogP contribution in [0.2, 0.25) is 0 Å². The first-order chi connectivity index (χ1) is 9.18. The first-order valence-electron chi connectivity index (χ1n) is 7.20. The van der Waals surface area contributed by atoms with Crippen molar-refractivity contribution in [2.45, 2.75) is 58.0 Å². The highest BCUT2D eigenvalue weighted by Gasteiger charge is 2.15. The molecule has 110 valence electrons. The van der Waals surface area contributed by atoms with Gasteiger partial charge in [0.15, 0.2) is 0 Å². The van der Waals surface area contributed by atoms with Gasteiger partial charge in [-0.25, -0.2) is 0 Å². The average molecular weight is 271 g/mol. The van der Waals surface area contributed by atoms with Crippen molar-refractivity contribution in [1.29, 1.82) is 0 Å². The summed E-state index contributed by atoms with van der Waals surface area (Å²) in [5, 5.41) is 2.73. The third kappa shape index (κ3) is 8.59. The zero-order valence-electron chi connectivity index (χ0n) is 11.8. The van der Waals surface area contributed by atoms with Gasteiger partial charge in [-0.3, -0.25) is 9.59 Å². The minimum absolute atomic E-state index is 0.00751. The Morgan fingerprint density at radius 1 is 1.26 bits per heavy atom. The molecular weight excluding hydrogens is 246 g/mol. The van der Waals surface area contributed by atoms with Gasteiger partial charge in [-0.1, -0.05) is 6.42 Å². The lowest BCUT2D eigenvalue weighted by atomic mass is 10.1. The van der Waals surface area contributed by atoms with Gasteiger partial charge in [0.1, 0.15) is 6.61 Å². The quantitative estimate of drug-likeness (QED) is 0.540. The first kappa shape index (κ1) is 16.0. The van der Waals surface area contributed by atoms with E-state index in [0.717, 1.165) is 45.1 Å². The predicted molar refractivity (Wildman–Crippen MR) is 71.7 cm³/mol. The molecule has 0 aromatic heterocycles. The molecule has 1 amide bonds. The molecule has 1 aliphatic heterocycles. The minimum atomic E-state index is -0.145. The Labute approximate surface area is 115 Å². The molecule has 1 fully saturated rings. The lowest BCUT2D eigenvalue weighted by Crippen LogP contribution is -2.25. The van der Waals surface area contributed by atoms with Gasteiger partial charge in [0.25, 0.3) is 0 Å². The molecule has 0 saturated carbocycles. The van der Waals surface area contributed by atoms with E-state index < -0.39 is 0 Å². The predicted octanol–water partition coefficient (Wildman–Crippen LogP) is 1.80. The van der Waals surface area contributed by atoms with Crippen LogP contribution in [0.3, 0.4) is 0 Å².